The molecule has 1 atom stereocenters. The second-order valence-electron chi connectivity index (χ2n) is 6.27. The van der Waals surface area contributed by atoms with Crippen LogP contribution >= 0.6 is 35.7 Å². The van der Waals surface area contributed by atoms with Crippen LogP contribution in [0.5, 0.6) is 0 Å². The van der Waals surface area contributed by atoms with Crippen molar-refractivity contribution in [3.8, 4) is 0 Å². The molecule has 1 unspecified atom stereocenters. The highest BCUT2D eigenvalue weighted by atomic mass is 127. The van der Waals surface area contributed by atoms with E-state index < -0.39 is 5.60 Å². The lowest BCUT2D eigenvalue weighted by Crippen LogP contribution is -2.57. The highest BCUT2D eigenvalue weighted by Gasteiger charge is 2.33. The summed E-state index contributed by atoms with van der Waals surface area (Å²) >= 11 is 1.76. The van der Waals surface area contributed by atoms with Crippen molar-refractivity contribution >= 4 is 53.3 Å². The fraction of sp³-hybridized carbons (Fsp3) is 0.667. The van der Waals surface area contributed by atoms with Crippen molar-refractivity contribution in [2.75, 3.05) is 49.6 Å². The second-order valence-corrected chi connectivity index (χ2v) is 7.37. The van der Waals surface area contributed by atoms with Crippen LogP contribution in [0.1, 0.15) is 6.42 Å². The molecule has 1 amide bonds. The third-order valence-corrected chi connectivity index (χ3v) is 5.63. The first-order chi connectivity index (χ1) is 11.5. The minimum absolute atomic E-state index is 0. The third kappa shape index (κ3) is 4.79. The quantitative estimate of drug-likeness (QED) is 0.364. The van der Waals surface area contributed by atoms with E-state index in [0.29, 0.717) is 25.6 Å². The Bertz CT molecular complexity index is 631. The van der Waals surface area contributed by atoms with E-state index in [-0.39, 0.29) is 36.4 Å². The molecule has 0 saturated carbocycles. The summed E-state index contributed by atoms with van der Waals surface area (Å²) in [5.74, 6) is 2.41. The van der Waals surface area contributed by atoms with Gasteiger partial charge in [0.15, 0.2) is 5.96 Å². The lowest BCUT2D eigenvalue weighted by Gasteiger charge is -2.36. The molecule has 0 radical (unpaired) electrons. The number of guanidine groups is 1. The van der Waals surface area contributed by atoms with Gasteiger partial charge < -0.3 is 20.2 Å². The van der Waals surface area contributed by atoms with Gasteiger partial charge in [-0.2, -0.15) is 16.9 Å². The smallest absolute Gasteiger partial charge is 0.246 e. The van der Waals surface area contributed by atoms with Crippen LogP contribution in [0.3, 0.4) is 0 Å². The average molecular weight is 480 g/mol. The zero-order valence-corrected chi connectivity index (χ0v) is 17.7. The van der Waals surface area contributed by atoms with Gasteiger partial charge in [-0.1, -0.05) is 0 Å². The van der Waals surface area contributed by atoms with Crippen LogP contribution < -0.4 is 10.2 Å². The third-order valence-electron chi connectivity index (χ3n) is 4.39. The van der Waals surface area contributed by atoms with Crippen LogP contribution in [0.2, 0.25) is 0 Å². The molecule has 8 nitrogen and oxygen atoms in total. The lowest BCUT2D eigenvalue weighted by atomic mass is 10.0. The zero-order chi connectivity index (χ0) is 17.2. The van der Waals surface area contributed by atoms with Gasteiger partial charge in [-0.15, -0.1) is 24.0 Å². The Hall–Kier alpha value is -1.01. The summed E-state index contributed by atoms with van der Waals surface area (Å²) in [6, 6.07) is 0. The minimum atomic E-state index is -0.678. The molecule has 140 valence electrons. The molecule has 1 aromatic rings. The van der Waals surface area contributed by atoms with E-state index in [1.807, 2.05) is 18.1 Å². The van der Waals surface area contributed by atoms with Crippen LogP contribution in [-0.2, 0) is 11.8 Å². The molecule has 1 aromatic heterocycles. The number of hydrogen-bond donors (Lipinski definition) is 2. The molecule has 0 aromatic carbocycles. The number of aromatic nitrogens is 2. The van der Waals surface area contributed by atoms with Gasteiger partial charge in [0.1, 0.15) is 6.54 Å². The van der Waals surface area contributed by atoms with Crippen molar-refractivity contribution in [1.82, 2.24) is 20.0 Å². The van der Waals surface area contributed by atoms with Crippen molar-refractivity contribution < 1.29 is 9.90 Å². The van der Waals surface area contributed by atoms with Crippen molar-refractivity contribution in [1.29, 1.82) is 0 Å². The lowest BCUT2D eigenvalue weighted by molar-refractivity contribution is -0.120. The Labute approximate surface area is 169 Å². The van der Waals surface area contributed by atoms with Gasteiger partial charge in [0.05, 0.1) is 17.5 Å². The second kappa shape index (κ2) is 8.58. The number of nitrogens with one attached hydrogen (secondary N) is 1. The standard InChI is InChI=1S/C15H24N6O2S.HI/c1-16-14(17-10-15(23)3-6-24-11-15)20-4-5-21(13(22)9-20)12-7-18-19(2)8-12;/h7-8,23H,3-6,9-11H2,1-2H3,(H,16,17);1H. The van der Waals surface area contributed by atoms with Crippen LogP contribution in [0.25, 0.3) is 0 Å². The highest BCUT2D eigenvalue weighted by Crippen LogP contribution is 2.27. The Balaban J connectivity index is 0.00000225. The molecular formula is C15H25IN6O2S. The number of amides is 1. The highest BCUT2D eigenvalue weighted by molar-refractivity contribution is 14.0. The molecule has 25 heavy (non-hydrogen) atoms. The van der Waals surface area contributed by atoms with Crippen molar-refractivity contribution in [3.05, 3.63) is 12.4 Å². The average Bonchev–Trinajstić information content (AvgIpc) is 3.17. The van der Waals surface area contributed by atoms with Crippen LogP contribution in [0, 0.1) is 0 Å². The molecule has 3 heterocycles. The molecule has 10 heteroatoms. The predicted octanol–water partition coefficient (Wildman–Crippen LogP) is 0.130. The first kappa shape index (κ1) is 20.3. The molecule has 0 aliphatic carbocycles. The van der Waals surface area contributed by atoms with Gasteiger partial charge in [-0.05, 0) is 12.2 Å². The molecule has 2 aliphatic heterocycles. The van der Waals surface area contributed by atoms with Crippen LogP contribution in [-0.4, -0.2) is 82.0 Å². The molecule has 0 spiro atoms. The molecule has 2 N–H and O–H groups in total. The minimum Gasteiger partial charge on any atom is -0.387 e. The van der Waals surface area contributed by atoms with Gasteiger partial charge in [0.2, 0.25) is 5.91 Å². The summed E-state index contributed by atoms with van der Waals surface area (Å²) in [4.78, 5) is 20.4. The number of anilines is 1. The number of nitrogens with zero attached hydrogens (tertiary/aromatic N) is 5. The number of rotatable bonds is 3. The number of aryl methyl sites for hydroxylation is 1. The number of hydrogen-bond acceptors (Lipinski definition) is 5. The first-order valence-electron chi connectivity index (χ1n) is 8.05. The maximum Gasteiger partial charge on any atom is 0.246 e. The Morgan fingerprint density at radius 3 is 2.88 bits per heavy atom. The molecular weight excluding hydrogens is 455 g/mol. The zero-order valence-electron chi connectivity index (χ0n) is 14.5. The molecule has 2 aliphatic rings. The number of carbonyl (C=O) groups excluding carboxylic acids is 1. The summed E-state index contributed by atoms with van der Waals surface area (Å²) in [6.07, 6.45) is 4.33. The first-order valence-corrected chi connectivity index (χ1v) is 9.21. The van der Waals surface area contributed by atoms with Gasteiger partial charge in [0.25, 0.3) is 0 Å². The summed E-state index contributed by atoms with van der Waals surface area (Å²) in [7, 11) is 3.54. The molecule has 3 rings (SSSR count). The van der Waals surface area contributed by atoms with E-state index in [0.717, 1.165) is 23.6 Å². The van der Waals surface area contributed by atoms with E-state index >= 15 is 0 Å². The monoisotopic (exact) mass is 480 g/mol. The molecule has 2 fully saturated rings. The maximum absolute atomic E-state index is 12.5. The normalized spacial score (nSPS) is 24.4. The Morgan fingerprint density at radius 2 is 2.32 bits per heavy atom. The van der Waals surface area contributed by atoms with Crippen molar-refractivity contribution in [2.24, 2.45) is 12.0 Å². The van der Waals surface area contributed by atoms with Gasteiger partial charge in [-0.25, -0.2) is 0 Å². The topological polar surface area (TPSA) is 86.0 Å². The summed E-state index contributed by atoms with van der Waals surface area (Å²) in [5, 5.41) is 17.8. The van der Waals surface area contributed by atoms with E-state index in [4.69, 9.17) is 0 Å². The number of halogens is 1. The van der Waals surface area contributed by atoms with Crippen molar-refractivity contribution in [3.63, 3.8) is 0 Å². The fourth-order valence-corrected chi connectivity index (χ4v) is 4.28. The Morgan fingerprint density at radius 1 is 1.52 bits per heavy atom. The fourth-order valence-electron chi connectivity index (χ4n) is 2.99. The molecule has 2 saturated heterocycles. The van der Waals surface area contributed by atoms with Gasteiger partial charge in [0, 0.05) is 45.7 Å². The largest absolute Gasteiger partial charge is 0.387 e. The van der Waals surface area contributed by atoms with E-state index in [1.54, 1.807) is 34.6 Å². The predicted molar refractivity (Wildman–Crippen MR) is 111 cm³/mol. The molecule has 0 bridgehead atoms. The Kier molecular flexibility index (Phi) is 6.97. The number of thioether (sulfide) groups is 1. The van der Waals surface area contributed by atoms with E-state index in [2.05, 4.69) is 15.4 Å². The SMILES string of the molecule is CN=C(NCC1(O)CCSC1)N1CCN(c2cnn(C)c2)C(=O)C1.I. The van der Waals surface area contributed by atoms with Crippen molar-refractivity contribution in [2.45, 2.75) is 12.0 Å². The van der Waals surface area contributed by atoms with Crippen LogP contribution in [0.4, 0.5) is 5.69 Å². The maximum atomic E-state index is 12.5. The number of aliphatic hydroxyl groups is 1. The number of carbonyl (C=O) groups is 1. The van der Waals surface area contributed by atoms with E-state index in [9.17, 15) is 9.90 Å². The summed E-state index contributed by atoms with van der Waals surface area (Å²) in [6.45, 7) is 2.00. The van der Waals surface area contributed by atoms with Gasteiger partial charge in [-0.3, -0.25) is 14.5 Å². The number of aliphatic imine (C=N–C) groups is 1. The number of piperazine rings is 1. The van der Waals surface area contributed by atoms with Gasteiger partial charge >= 0.3 is 0 Å². The van der Waals surface area contributed by atoms with Crippen LogP contribution in [0.15, 0.2) is 17.4 Å². The summed E-state index contributed by atoms with van der Waals surface area (Å²) in [5.41, 5.74) is 0.143. The summed E-state index contributed by atoms with van der Waals surface area (Å²) < 4.78 is 1.69. The van der Waals surface area contributed by atoms with E-state index in [1.165, 1.54) is 0 Å².